The van der Waals surface area contributed by atoms with Crippen LogP contribution in [0.2, 0.25) is 0 Å². The normalized spacial score (nSPS) is 37.4. The van der Waals surface area contributed by atoms with E-state index in [0.29, 0.717) is 5.92 Å². The summed E-state index contributed by atoms with van der Waals surface area (Å²) in [6.45, 7) is 10.6. The van der Waals surface area contributed by atoms with Crippen LogP contribution in [0.4, 0.5) is 0 Å². The van der Waals surface area contributed by atoms with E-state index in [0.717, 1.165) is 45.4 Å². The molecule has 3 N–H and O–H groups in total. The lowest BCUT2D eigenvalue weighted by Gasteiger charge is -2.42. The first-order chi connectivity index (χ1) is 8.38. The predicted octanol–water partition coefficient (Wildman–Crippen LogP) is 0.962. The first-order valence-electron chi connectivity index (χ1n) is 7.14. The van der Waals surface area contributed by atoms with Crippen molar-refractivity contribution < 1.29 is 4.79 Å². The van der Waals surface area contributed by atoms with Crippen LogP contribution >= 0.6 is 0 Å². The van der Waals surface area contributed by atoms with Crippen LogP contribution in [0.15, 0.2) is 0 Å². The Morgan fingerprint density at radius 1 is 1.33 bits per heavy atom. The summed E-state index contributed by atoms with van der Waals surface area (Å²) in [5.74, 6) is 0.227. The van der Waals surface area contributed by atoms with Gasteiger partial charge in [-0.3, -0.25) is 9.69 Å². The molecule has 1 amide bonds. The summed E-state index contributed by atoms with van der Waals surface area (Å²) in [4.78, 5) is 14.5. The van der Waals surface area contributed by atoms with Gasteiger partial charge in [-0.1, -0.05) is 20.8 Å². The van der Waals surface area contributed by atoms with Gasteiger partial charge in [0.2, 0.25) is 5.91 Å². The highest BCUT2D eigenvalue weighted by Gasteiger charge is 2.55. The van der Waals surface area contributed by atoms with Crippen LogP contribution < -0.4 is 11.1 Å². The molecule has 2 aliphatic rings. The molecule has 0 aromatic heterocycles. The number of nitrogens with zero attached hydrogens (tertiary/aromatic N) is 1. The van der Waals surface area contributed by atoms with Crippen molar-refractivity contribution >= 4 is 5.91 Å². The molecule has 4 heteroatoms. The van der Waals surface area contributed by atoms with Crippen LogP contribution in [0.3, 0.4) is 0 Å². The third-order valence-corrected chi connectivity index (χ3v) is 4.75. The van der Waals surface area contributed by atoms with Crippen molar-refractivity contribution in [1.29, 1.82) is 0 Å². The number of nitrogens with two attached hydrogens (primary N) is 1. The molecule has 0 spiro atoms. The van der Waals surface area contributed by atoms with Crippen LogP contribution in [0.5, 0.6) is 0 Å². The molecule has 0 bridgehead atoms. The number of hydrogen-bond acceptors (Lipinski definition) is 3. The molecular formula is C14H27N3O. The maximum atomic E-state index is 12.2. The monoisotopic (exact) mass is 253 g/mol. The van der Waals surface area contributed by atoms with Crippen molar-refractivity contribution in [2.24, 2.45) is 17.1 Å². The Morgan fingerprint density at radius 2 is 2.06 bits per heavy atom. The number of hydrogen-bond donors (Lipinski definition) is 2. The first-order valence-corrected chi connectivity index (χ1v) is 7.14. The lowest BCUT2D eigenvalue weighted by molar-refractivity contribution is -0.133. The second kappa shape index (κ2) is 4.82. The first kappa shape index (κ1) is 13.8. The number of amides is 1. The van der Waals surface area contributed by atoms with Crippen LogP contribution in [0, 0.1) is 11.3 Å². The van der Waals surface area contributed by atoms with Gasteiger partial charge < -0.3 is 11.1 Å². The van der Waals surface area contributed by atoms with Crippen molar-refractivity contribution in [2.75, 3.05) is 26.2 Å². The third-order valence-electron chi connectivity index (χ3n) is 4.75. The van der Waals surface area contributed by atoms with E-state index >= 15 is 0 Å². The molecule has 1 aliphatic carbocycles. The molecule has 0 aromatic carbocycles. The Labute approximate surface area is 110 Å². The zero-order valence-corrected chi connectivity index (χ0v) is 12.0. The van der Waals surface area contributed by atoms with Crippen LogP contribution in [-0.4, -0.2) is 42.5 Å². The average Bonchev–Trinajstić information content (AvgIpc) is 2.46. The molecule has 1 saturated heterocycles. The number of rotatable bonds is 2. The highest BCUT2D eigenvalue weighted by molar-refractivity contribution is 5.85. The minimum absolute atomic E-state index is 0.123. The van der Waals surface area contributed by atoms with Crippen LogP contribution in [0.1, 0.15) is 40.0 Å². The molecule has 4 nitrogen and oxygen atoms in total. The minimum atomic E-state index is -0.421. The van der Waals surface area contributed by atoms with E-state index in [9.17, 15) is 4.79 Å². The van der Waals surface area contributed by atoms with E-state index in [2.05, 4.69) is 31.0 Å². The van der Waals surface area contributed by atoms with Crippen LogP contribution in [-0.2, 0) is 4.79 Å². The number of primary amides is 1. The zero-order valence-electron chi connectivity index (χ0n) is 12.0. The van der Waals surface area contributed by atoms with Gasteiger partial charge in [0.1, 0.15) is 5.54 Å². The van der Waals surface area contributed by atoms with Gasteiger partial charge in [-0.2, -0.15) is 0 Å². The topological polar surface area (TPSA) is 58.4 Å². The van der Waals surface area contributed by atoms with E-state index in [1.54, 1.807) is 0 Å². The summed E-state index contributed by atoms with van der Waals surface area (Å²) in [5.41, 5.74) is 5.62. The molecule has 0 aromatic rings. The van der Waals surface area contributed by atoms with Crippen molar-refractivity contribution in [2.45, 2.75) is 45.6 Å². The highest BCUT2D eigenvalue weighted by atomic mass is 16.1. The van der Waals surface area contributed by atoms with Gasteiger partial charge in [0.25, 0.3) is 0 Å². The second-order valence-corrected chi connectivity index (χ2v) is 6.83. The molecule has 104 valence electrons. The third kappa shape index (κ3) is 2.28. The second-order valence-electron chi connectivity index (χ2n) is 6.83. The van der Waals surface area contributed by atoms with Gasteiger partial charge in [0.15, 0.2) is 0 Å². The van der Waals surface area contributed by atoms with Crippen molar-refractivity contribution in [3.05, 3.63) is 0 Å². The van der Waals surface area contributed by atoms with E-state index in [4.69, 9.17) is 5.73 Å². The number of carbonyl (C=O) groups is 1. The highest BCUT2D eigenvalue weighted by Crippen LogP contribution is 2.50. The molecular weight excluding hydrogens is 226 g/mol. The maximum Gasteiger partial charge on any atom is 0.238 e. The minimum Gasteiger partial charge on any atom is -0.368 e. The fourth-order valence-electron chi connectivity index (χ4n) is 4.13. The number of nitrogens with one attached hydrogen (secondary N) is 1. The Hall–Kier alpha value is -0.610. The molecule has 2 fully saturated rings. The van der Waals surface area contributed by atoms with Gasteiger partial charge in [0, 0.05) is 19.6 Å². The largest absolute Gasteiger partial charge is 0.368 e. The van der Waals surface area contributed by atoms with E-state index in [1.807, 2.05) is 0 Å². The summed E-state index contributed by atoms with van der Waals surface area (Å²) in [6, 6.07) is 0. The molecule has 1 heterocycles. The molecule has 2 atom stereocenters. The standard InChI is InChI=1S/C14H27N3O/c1-11-9-13(2,3)10-14(11,12(15)18)17-7-4-5-16-6-8-17/h11,16H,4-10H2,1-3H3,(H2,15,18). The fourth-order valence-corrected chi connectivity index (χ4v) is 4.13. The SMILES string of the molecule is CC1CC(C)(C)CC1(C(N)=O)N1CCCNCC1. The summed E-state index contributed by atoms with van der Waals surface area (Å²) in [7, 11) is 0. The zero-order chi connectivity index (χ0) is 13.4. The quantitative estimate of drug-likeness (QED) is 0.771. The Morgan fingerprint density at radius 3 is 2.61 bits per heavy atom. The van der Waals surface area contributed by atoms with Crippen molar-refractivity contribution in [3.8, 4) is 0 Å². The van der Waals surface area contributed by atoms with Gasteiger partial charge in [-0.05, 0) is 37.1 Å². The summed E-state index contributed by atoms with van der Waals surface area (Å²) in [6.07, 6.45) is 3.08. The Balaban J connectivity index is 2.29. The van der Waals surface area contributed by atoms with Crippen LogP contribution in [0.25, 0.3) is 0 Å². The molecule has 2 rings (SSSR count). The van der Waals surface area contributed by atoms with Crippen molar-refractivity contribution in [1.82, 2.24) is 10.2 Å². The van der Waals surface area contributed by atoms with Gasteiger partial charge >= 0.3 is 0 Å². The lowest BCUT2D eigenvalue weighted by Crippen LogP contribution is -2.60. The van der Waals surface area contributed by atoms with Crippen molar-refractivity contribution in [3.63, 3.8) is 0 Å². The summed E-state index contributed by atoms with van der Waals surface area (Å²) in [5, 5.41) is 3.40. The van der Waals surface area contributed by atoms with E-state index < -0.39 is 5.54 Å². The Kier molecular flexibility index (Phi) is 3.70. The van der Waals surface area contributed by atoms with Gasteiger partial charge in [-0.25, -0.2) is 0 Å². The molecule has 1 aliphatic heterocycles. The molecule has 1 saturated carbocycles. The summed E-state index contributed by atoms with van der Waals surface area (Å²) < 4.78 is 0. The van der Waals surface area contributed by atoms with E-state index in [1.165, 1.54) is 0 Å². The Bertz CT molecular complexity index is 321. The predicted molar refractivity (Wildman–Crippen MR) is 73.2 cm³/mol. The fraction of sp³-hybridized carbons (Fsp3) is 0.929. The molecule has 0 radical (unpaired) electrons. The molecule has 18 heavy (non-hydrogen) atoms. The average molecular weight is 253 g/mol. The van der Waals surface area contributed by atoms with Gasteiger partial charge in [0.05, 0.1) is 0 Å². The smallest absolute Gasteiger partial charge is 0.238 e. The maximum absolute atomic E-state index is 12.2. The molecule has 2 unspecified atom stereocenters. The summed E-state index contributed by atoms with van der Waals surface area (Å²) >= 11 is 0. The number of carbonyl (C=O) groups excluding carboxylic acids is 1. The lowest BCUT2D eigenvalue weighted by atomic mass is 9.83. The van der Waals surface area contributed by atoms with E-state index in [-0.39, 0.29) is 11.3 Å². The van der Waals surface area contributed by atoms with Gasteiger partial charge in [-0.15, -0.1) is 0 Å².